The number of halogens is 3. The van der Waals surface area contributed by atoms with Crippen LogP contribution in [0.2, 0.25) is 0 Å². The van der Waals surface area contributed by atoms with Gasteiger partial charge in [-0.05, 0) is 27.6 Å². The zero-order valence-electron chi connectivity index (χ0n) is 8.09. The summed E-state index contributed by atoms with van der Waals surface area (Å²) in [6, 6.07) is 5.35. The molecule has 2 rings (SSSR count). The van der Waals surface area contributed by atoms with Crippen LogP contribution in [0, 0.1) is 5.82 Å². The quantitative estimate of drug-likeness (QED) is 0.830. The zero-order valence-corrected chi connectivity index (χ0v) is 10.5. The van der Waals surface area contributed by atoms with Crippen LogP contribution < -0.4 is 10.6 Å². The number of hydrogen-bond donors (Lipinski definition) is 2. The second-order valence-electron chi connectivity index (χ2n) is 3.35. The predicted molar refractivity (Wildman–Crippen MR) is 65.0 cm³/mol. The molecule has 84 valence electrons. The first-order valence-corrected chi connectivity index (χ1v) is 5.46. The SMILES string of the molecule is Cl.Fc1cccc([C@H]2CNCCN2)c1Br. The van der Waals surface area contributed by atoms with Crippen LogP contribution in [0.5, 0.6) is 0 Å². The molecule has 1 fully saturated rings. The van der Waals surface area contributed by atoms with Crippen molar-refractivity contribution in [3.05, 3.63) is 34.1 Å². The summed E-state index contributed by atoms with van der Waals surface area (Å²) in [7, 11) is 0. The molecule has 1 aromatic carbocycles. The number of rotatable bonds is 1. The van der Waals surface area contributed by atoms with E-state index in [1.54, 1.807) is 6.07 Å². The van der Waals surface area contributed by atoms with Crippen LogP contribution in [0.4, 0.5) is 4.39 Å². The maximum atomic E-state index is 13.2. The van der Waals surface area contributed by atoms with Crippen molar-refractivity contribution in [2.75, 3.05) is 19.6 Å². The highest BCUT2D eigenvalue weighted by atomic mass is 79.9. The normalized spacial score (nSPS) is 20.8. The third-order valence-electron chi connectivity index (χ3n) is 2.40. The first kappa shape index (κ1) is 12.9. The summed E-state index contributed by atoms with van der Waals surface area (Å²) in [5, 5.41) is 6.62. The molecule has 0 unspecified atom stereocenters. The van der Waals surface area contributed by atoms with Crippen molar-refractivity contribution in [3.8, 4) is 0 Å². The van der Waals surface area contributed by atoms with Gasteiger partial charge in [-0.15, -0.1) is 12.4 Å². The Hall–Kier alpha value is -0.160. The molecule has 0 amide bonds. The van der Waals surface area contributed by atoms with Gasteiger partial charge in [0.2, 0.25) is 0 Å². The molecule has 15 heavy (non-hydrogen) atoms. The molecule has 1 aliphatic rings. The molecule has 0 saturated carbocycles. The molecule has 2 N–H and O–H groups in total. The standard InChI is InChI=1S/C10H12BrFN2.ClH/c11-10-7(2-1-3-8(10)12)9-6-13-4-5-14-9;/h1-3,9,13-14H,4-6H2;1H/t9-;/m1./s1. The maximum absolute atomic E-state index is 13.2. The van der Waals surface area contributed by atoms with Crippen LogP contribution in [0.15, 0.2) is 22.7 Å². The van der Waals surface area contributed by atoms with Gasteiger partial charge < -0.3 is 10.6 Å². The van der Waals surface area contributed by atoms with Crippen LogP contribution >= 0.6 is 28.3 Å². The van der Waals surface area contributed by atoms with E-state index in [9.17, 15) is 4.39 Å². The summed E-state index contributed by atoms with van der Waals surface area (Å²) >= 11 is 3.27. The number of piperazine rings is 1. The molecule has 0 spiro atoms. The second-order valence-corrected chi connectivity index (χ2v) is 4.15. The topological polar surface area (TPSA) is 24.1 Å². The zero-order chi connectivity index (χ0) is 9.97. The Kier molecular flexibility index (Phi) is 4.99. The summed E-state index contributed by atoms with van der Waals surface area (Å²) in [4.78, 5) is 0. The van der Waals surface area contributed by atoms with Crippen molar-refractivity contribution in [2.45, 2.75) is 6.04 Å². The van der Waals surface area contributed by atoms with E-state index in [1.807, 2.05) is 6.07 Å². The van der Waals surface area contributed by atoms with Gasteiger partial charge in [-0.1, -0.05) is 12.1 Å². The van der Waals surface area contributed by atoms with Gasteiger partial charge in [-0.2, -0.15) is 0 Å². The third-order valence-corrected chi connectivity index (χ3v) is 3.23. The molecule has 2 nitrogen and oxygen atoms in total. The number of hydrogen-bond acceptors (Lipinski definition) is 2. The Labute approximate surface area is 103 Å². The van der Waals surface area contributed by atoms with Crippen molar-refractivity contribution in [2.24, 2.45) is 0 Å². The van der Waals surface area contributed by atoms with Crippen molar-refractivity contribution in [1.29, 1.82) is 0 Å². The van der Waals surface area contributed by atoms with Gasteiger partial charge in [0.05, 0.1) is 4.47 Å². The van der Waals surface area contributed by atoms with Crippen LogP contribution in [-0.2, 0) is 0 Å². The highest BCUT2D eigenvalue weighted by Crippen LogP contribution is 2.26. The van der Waals surface area contributed by atoms with E-state index in [0.717, 1.165) is 25.2 Å². The van der Waals surface area contributed by atoms with Gasteiger partial charge in [0.15, 0.2) is 0 Å². The first-order chi connectivity index (χ1) is 6.79. The lowest BCUT2D eigenvalue weighted by atomic mass is 10.1. The Balaban J connectivity index is 0.00000112. The smallest absolute Gasteiger partial charge is 0.137 e. The predicted octanol–water partition coefficient (Wildman–Crippen LogP) is 2.24. The molecular formula is C10H13BrClFN2. The van der Waals surface area contributed by atoms with E-state index >= 15 is 0 Å². The van der Waals surface area contributed by atoms with E-state index in [1.165, 1.54) is 6.07 Å². The van der Waals surface area contributed by atoms with Gasteiger partial charge in [0, 0.05) is 25.7 Å². The molecular weight excluding hydrogens is 282 g/mol. The minimum absolute atomic E-state index is 0. The van der Waals surface area contributed by atoms with Gasteiger partial charge >= 0.3 is 0 Å². The van der Waals surface area contributed by atoms with E-state index in [-0.39, 0.29) is 24.3 Å². The van der Waals surface area contributed by atoms with E-state index < -0.39 is 0 Å². The van der Waals surface area contributed by atoms with Crippen LogP contribution in [0.3, 0.4) is 0 Å². The van der Waals surface area contributed by atoms with Gasteiger partial charge in [-0.25, -0.2) is 4.39 Å². The second kappa shape index (κ2) is 5.80. The van der Waals surface area contributed by atoms with Gasteiger partial charge in [-0.3, -0.25) is 0 Å². The fourth-order valence-electron chi connectivity index (χ4n) is 1.66. The molecule has 1 heterocycles. The first-order valence-electron chi connectivity index (χ1n) is 4.67. The Morgan fingerprint density at radius 2 is 2.13 bits per heavy atom. The van der Waals surface area contributed by atoms with Crippen molar-refractivity contribution in [3.63, 3.8) is 0 Å². The average molecular weight is 296 g/mol. The fourth-order valence-corrected chi connectivity index (χ4v) is 2.20. The van der Waals surface area contributed by atoms with Crippen LogP contribution in [0.25, 0.3) is 0 Å². The lowest BCUT2D eigenvalue weighted by Crippen LogP contribution is -2.42. The van der Waals surface area contributed by atoms with E-state index in [4.69, 9.17) is 0 Å². The summed E-state index contributed by atoms with van der Waals surface area (Å²) in [5.74, 6) is -0.199. The van der Waals surface area contributed by atoms with Gasteiger partial charge in [0.25, 0.3) is 0 Å². The van der Waals surface area contributed by atoms with E-state index in [2.05, 4.69) is 26.6 Å². The van der Waals surface area contributed by atoms with Gasteiger partial charge in [0.1, 0.15) is 5.82 Å². The van der Waals surface area contributed by atoms with Crippen LogP contribution in [-0.4, -0.2) is 19.6 Å². The molecule has 0 bridgehead atoms. The Morgan fingerprint density at radius 3 is 2.80 bits per heavy atom. The van der Waals surface area contributed by atoms with E-state index in [0.29, 0.717) is 4.47 Å². The Morgan fingerprint density at radius 1 is 1.33 bits per heavy atom. The molecule has 0 aromatic heterocycles. The molecule has 1 atom stereocenters. The monoisotopic (exact) mass is 294 g/mol. The summed E-state index contributed by atoms with van der Waals surface area (Å²) in [6.07, 6.45) is 0. The number of nitrogens with one attached hydrogen (secondary N) is 2. The largest absolute Gasteiger partial charge is 0.314 e. The summed E-state index contributed by atoms with van der Waals surface area (Å²) in [6.45, 7) is 2.75. The van der Waals surface area contributed by atoms with Crippen molar-refractivity contribution >= 4 is 28.3 Å². The lowest BCUT2D eigenvalue weighted by Gasteiger charge is -2.25. The fraction of sp³-hybridized carbons (Fsp3) is 0.400. The summed E-state index contributed by atoms with van der Waals surface area (Å²) < 4.78 is 13.8. The summed E-state index contributed by atoms with van der Waals surface area (Å²) in [5.41, 5.74) is 0.984. The number of benzene rings is 1. The lowest BCUT2D eigenvalue weighted by molar-refractivity contribution is 0.427. The van der Waals surface area contributed by atoms with Crippen molar-refractivity contribution < 1.29 is 4.39 Å². The average Bonchev–Trinajstić information content (AvgIpc) is 2.23. The maximum Gasteiger partial charge on any atom is 0.137 e. The molecule has 1 aliphatic heterocycles. The molecule has 5 heteroatoms. The highest BCUT2D eigenvalue weighted by Gasteiger charge is 2.17. The molecule has 1 saturated heterocycles. The minimum atomic E-state index is -0.199. The van der Waals surface area contributed by atoms with Crippen molar-refractivity contribution in [1.82, 2.24) is 10.6 Å². The molecule has 0 aliphatic carbocycles. The molecule has 1 aromatic rings. The third kappa shape index (κ3) is 2.91. The minimum Gasteiger partial charge on any atom is -0.314 e. The molecule has 0 radical (unpaired) electrons. The van der Waals surface area contributed by atoms with Crippen LogP contribution in [0.1, 0.15) is 11.6 Å². The highest BCUT2D eigenvalue weighted by molar-refractivity contribution is 9.10. The Bertz CT molecular complexity index is 329.